The summed E-state index contributed by atoms with van der Waals surface area (Å²) in [5.41, 5.74) is 0.675. The van der Waals surface area contributed by atoms with Gasteiger partial charge < -0.3 is 4.57 Å². The van der Waals surface area contributed by atoms with Gasteiger partial charge >= 0.3 is 0 Å². The summed E-state index contributed by atoms with van der Waals surface area (Å²) >= 11 is 0. The van der Waals surface area contributed by atoms with Crippen LogP contribution < -0.4 is 5.56 Å². The second kappa shape index (κ2) is 6.03. The summed E-state index contributed by atoms with van der Waals surface area (Å²) in [5, 5.41) is 10.8. The van der Waals surface area contributed by atoms with E-state index < -0.39 is 14.9 Å². The maximum atomic E-state index is 13.0. The number of non-ortho nitro benzene ring substituents is 1. The SMILES string of the molecule is O=c1cccc2n1CC1CC2CN(S(=O)(=O)c2ccc([N+](=O)[O-])cc2)C1. The molecule has 0 N–H and O–H groups in total. The van der Waals surface area contributed by atoms with Gasteiger partial charge in [0.05, 0.1) is 9.82 Å². The zero-order valence-electron chi connectivity index (χ0n) is 13.8. The molecule has 26 heavy (non-hydrogen) atoms. The van der Waals surface area contributed by atoms with Gasteiger partial charge in [0, 0.05) is 49.4 Å². The van der Waals surface area contributed by atoms with Crippen LogP contribution in [0.25, 0.3) is 0 Å². The van der Waals surface area contributed by atoms with Crippen molar-refractivity contribution in [2.24, 2.45) is 5.92 Å². The van der Waals surface area contributed by atoms with Crippen LogP contribution >= 0.6 is 0 Å². The lowest BCUT2D eigenvalue weighted by Crippen LogP contribution is -2.48. The highest BCUT2D eigenvalue weighted by Crippen LogP contribution is 2.37. The third-order valence-corrected chi connectivity index (χ3v) is 6.98. The van der Waals surface area contributed by atoms with E-state index in [9.17, 15) is 23.3 Å². The van der Waals surface area contributed by atoms with Crippen molar-refractivity contribution in [2.75, 3.05) is 13.1 Å². The molecule has 1 aromatic heterocycles. The van der Waals surface area contributed by atoms with E-state index in [4.69, 9.17) is 0 Å². The van der Waals surface area contributed by atoms with Crippen molar-refractivity contribution in [3.05, 3.63) is 68.6 Å². The minimum absolute atomic E-state index is 0.0239. The fraction of sp³-hybridized carbons (Fsp3) is 0.353. The Bertz CT molecular complexity index is 1030. The molecule has 4 rings (SSSR count). The number of hydrogen-bond acceptors (Lipinski definition) is 5. The van der Waals surface area contributed by atoms with Crippen LogP contribution in [0.2, 0.25) is 0 Å². The molecule has 2 aliphatic rings. The molecule has 2 aliphatic heterocycles. The number of nitro groups is 1. The van der Waals surface area contributed by atoms with Crippen LogP contribution in [0.3, 0.4) is 0 Å². The Labute approximate surface area is 149 Å². The Morgan fingerprint density at radius 1 is 1.04 bits per heavy atom. The quantitative estimate of drug-likeness (QED) is 0.598. The molecule has 136 valence electrons. The van der Waals surface area contributed by atoms with Crippen molar-refractivity contribution < 1.29 is 13.3 Å². The van der Waals surface area contributed by atoms with Crippen molar-refractivity contribution in [1.82, 2.24) is 8.87 Å². The minimum atomic E-state index is -3.74. The van der Waals surface area contributed by atoms with E-state index in [1.54, 1.807) is 10.6 Å². The van der Waals surface area contributed by atoms with Gasteiger partial charge in [0.25, 0.3) is 11.2 Å². The summed E-state index contributed by atoms with van der Waals surface area (Å²) in [6.45, 7) is 1.16. The van der Waals surface area contributed by atoms with Crippen molar-refractivity contribution in [1.29, 1.82) is 0 Å². The van der Waals surface area contributed by atoms with Crippen molar-refractivity contribution in [3.8, 4) is 0 Å². The molecule has 8 nitrogen and oxygen atoms in total. The van der Waals surface area contributed by atoms with Gasteiger partial charge in [0.2, 0.25) is 10.0 Å². The number of aromatic nitrogens is 1. The molecular weight excluding hydrogens is 358 g/mol. The molecule has 3 heterocycles. The minimum Gasteiger partial charge on any atom is -0.312 e. The summed E-state index contributed by atoms with van der Waals surface area (Å²) in [7, 11) is -3.74. The van der Waals surface area contributed by atoms with E-state index in [1.807, 2.05) is 6.07 Å². The van der Waals surface area contributed by atoms with Gasteiger partial charge in [-0.15, -0.1) is 0 Å². The average molecular weight is 375 g/mol. The van der Waals surface area contributed by atoms with Crippen LogP contribution in [0.15, 0.2) is 52.2 Å². The van der Waals surface area contributed by atoms with Gasteiger partial charge in [0.15, 0.2) is 0 Å². The van der Waals surface area contributed by atoms with Crippen molar-refractivity contribution >= 4 is 15.7 Å². The van der Waals surface area contributed by atoms with Crippen LogP contribution in [0.4, 0.5) is 5.69 Å². The lowest BCUT2D eigenvalue weighted by molar-refractivity contribution is -0.384. The molecule has 0 spiro atoms. The topological polar surface area (TPSA) is 103 Å². The zero-order valence-corrected chi connectivity index (χ0v) is 14.6. The number of benzene rings is 1. The van der Waals surface area contributed by atoms with E-state index >= 15 is 0 Å². The second-order valence-electron chi connectivity index (χ2n) is 6.77. The molecule has 1 aromatic carbocycles. The van der Waals surface area contributed by atoms with Gasteiger partial charge in [0.1, 0.15) is 0 Å². The molecule has 2 bridgehead atoms. The summed E-state index contributed by atoms with van der Waals surface area (Å²) in [6, 6.07) is 10.1. The first kappa shape index (κ1) is 16.9. The summed E-state index contributed by atoms with van der Waals surface area (Å²) in [5.74, 6) is 0.0541. The number of fused-ring (bicyclic) bond motifs is 4. The van der Waals surface area contributed by atoms with Crippen molar-refractivity contribution in [3.63, 3.8) is 0 Å². The number of sulfonamides is 1. The van der Waals surface area contributed by atoms with Gasteiger partial charge in [-0.3, -0.25) is 14.9 Å². The molecule has 0 saturated carbocycles. The molecule has 2 aromatic rings. The lowest BCUT2D eigenvalue weighted by atomic mass is 9.84. The van der Waals surface area contributed by atoms with Gasteiger partial charge in [-0.25, -0.2) is 8.42 Å². The molecule has 1 saturated heterocycles. The first-order chi connectivity index (χ1) is 12.4. The zero-order chi connectivity index (χ0) is 18.5. The van der Waals surface area contributed by atoms with Crippen LogP contribution in [0.1, 0.15) is 18.0 Å². The van der Waals surface area contributed by atoms with Crippen LogP contribution in [0, 0.1) is 16.0 Å². The number of hydrogen-bond donors (Lipinski definition) is 0. The van der Waals surface area contributed by atoms with Crippen LogP contribution in [-0.2, 0) is 16.6 Å². The molecule has 0 radical (unpaired) electrons. The monoisotopic (exact) mass is 375 g/mol. The second-order valence-corrected chi connectivity index (χ2v) is 8.71. The summed E-state index contributed by atoms with van der Waals surface area (Å²) in [6.07, 6.45) is 0.857. The fourth-order valence-corrected chi connectivity index (χ4v) is 5.50. The van der Waals surface area contributed by atoms with E-state index in [1.165, 1.54) is 34.6 Å². The standard InChI is InChI=1S/C17H17N3O5S/c21-17-3-1-2-16-13-8-12(10-19(16)17)9-18(11-13)26(24,25)15-6-4-14(5-7-15)20(22)23/h1-7,12-13H,8-11H2. The Balaban J connectivity index is 1.65. The maximum Gasteiger partial charge on any atom is 0.269 e. The lowest BCUT2D eigenvalue weighted by Gasteiger charge is -2.42. The van der Waals surface area contributed by atoms with E-state index in [0.717, 1.165) is 12.1 Å². The third kappa shape index (κ3) is 2.73. The number of pyridine rings is 1. The Hall–Kier alpha value is -2.52. The largest absolute Gasteiger partial charge is 0.312 e. The Morgan fingerprint density at radius 3 is 2.46 bits per heavy atom. The van der Waals surface area contributed by atoms with E-state index in [2.05, 4.69) is 0 Å². The molecule has 0 aliphatic carbocycles. The normalized spacial score (nSPS) is 22.6. The third-order valence-electron chi connectivity index (χ3n) is 5.13. The van der Waals surface area contributed by atoms with Crippen LogP contribution in [-0.4, -0.2) is 35.3 Å². The number of piperidine rings is 1. The molecular formula is C17H17N3O5S. The number of rotatable bonds is 3. The molecule has 0 amide bonds. The number of nitro benzene ring substituents is 1. The number of nitrogens with zero attached hydrogens (tertiary/aromatic N) is 3. The van der Waals surface area contributed by atoms with Gasteiger partial charge in [-0.2, -0.15) is 4.31 Å². The first-order valence-electron chi connectivity index (χ1n) is 8.30. The highest BCUT2D eigenvalue weighted by atomic mass is 32.2. The summed E-state index contributed by atoms with van der Waals surface area (Å²) in [4.78, 5) is 22.3. The van der Waals surface area contributed by atoms with Gasteiger partial charge in [-0.05, 0) is 30.5 Å². The highest BCUT2D eigenvalue weighted by Gasteiger charge is 2.39. The smallest absolute Gasteiger partial charge is 0.269 e. The predicted octanol–water partition coefficient (Wildman–Crippen LogP) is 1.56. The highest BCUT2D eigenvalue weighted by molar-refractivity contribution is 7.89. The first-order valence-corrected chi connectivity index (χ1v) is 9.74. The summed E-state index contributed by atoms with van der Waals surface area (Å²) < 4.78 is 29.1. The maximum absolute atomic E-state index is 13.0. The van der Waals surface area contributed by atoms with E-state index in [0.29, 0.717) is 19.6 Å². The molecule has 2 atom stereocenters. The Morgan fingerprint density at radius 2 is 1.77 bits per heavy atom. The average Bonchev–Trinajstić information content (AvgIpc) is 2.62. The Kier molecular flexibility index (Phi) is 3.92. The van der Waals surface area contributed by atoms with Gasteiger partial charge in [-0.1, -0.05) is 6.07 Å². The molecule has 2 unspecified atom stereocenters. The fourth-order valence-electron chi connectivity index (χ4n) is 3.94. The predicted molar refractivity (Wildman–Crippen MR) is 93.4 cm³/mol. The van der Waals surface area contributed by atoms with Crippen LogP contribution in [0.5, 0.6) is 0 Å². The van der Waals surface area contributed by atoms with Crippen molar-refractivity contribution in [2.45, 2.75) is 23.8 Å². The molecule has 1 fully saturated rings. The van der Waals surface area contributed by atoms with E-state index in [-0.39, 0.29) is 28.0 Å². The molecule has 9 heteroatoms.